The average molecular weight is 128 g/mol. The summed E-state index contributed by atoms with van der Waals surface area (Å²) in [5.41, 5.74) is 0. The van der Waals surface area contributed by atoms with Gasteiger partial charge in [0.2, 0.25) is 0 Å². The Labute approximate surface area is 53.3 Å². The van der Waals surface area contributed by atoms with Crippen molar-refractivity contribution in [2.24, 2.45) is 0 Å². The third kappa shape index (κ3) is 2.95. The summed E-state index contributed by atoms with van der Waals surface area (Å²) in [7, 11) is 0. The van der Waals surface area contributed by atoms with Crippen LogP contribution in [0.3, 0.4) is 0 Å². The van der Waals surface area contributed by atoms with Crippen LogP contribution in [-0.2, 0) is 9.59 Å². The van der Waals surface area contributed by atoms with E-state index in [2.05, 4.69) is 0 Å². The van der Waals surface area contributed by atoms with Gasteiger partial charge in [-0.3, -0.25) is 0 Å². The predicted molar refractivity (Wildman–Crippen MR) is 34.4 cm³/mol. The summed E-state index contributed by atoms with van der Waals surface area (Å²) >= 11 is -1.55. The zero-order valence-electron chi connectivity index (χ0n) is 4.96. The summed E-state index contributed by atoms with van der Waals surface area (Å²) in [6.07, 6.45) is 0.953. The molecule has 0 aromatic heterocycles. The standard InChI is InChI=1S/C3H7.2CHO.Al/c1-3-2;2*1-2;/h1,3H2,2H3;2*1H;. The highest BCUT2D eigenvalue weighted by Crippen LogP contribution is 1.89. The maximum absolute atomic E-state index is 9.96. The molecule has 0 bridgehead atoms. The van der Waals surface area contributed by atoms with Crippen molar-refractivity contribution >= 4 is 24.4 Å². The van der Waals surface area contributed by atoms with E-state index in [0.717, 1.165) is 22.0 Å². The molecule has 0 spiro atoms. The summed E-state index contributed by atoms with van der Waals surface area (Å²) in [5, 5.41) is 2.49. The fraction of sp³-hybridized carbons (Fsp3) is 0.600. The Kier molecular flexibility index (Phi) is 4.94. The van der Waals surface area contributed by atoms with E-state index in [1.807, 2.05) is 6.92 Å². The molecular formula is C5H9AlO2. The first kappa shape index (κ1) is 7.87. The Morgan fingerprint density at radius 2 is 1.88 bits per heavy atom. The van der Waals surface area contributed by atoms with Gasteiger partial charge in [-0.05, 0) is 0 Å². The van der Waals surface area contributed by atoms with Crippen LogP contribution in [0.2, 0.25) is 5.28 Å². The van der Waals surface area contributed by atoms with Gasteiger partial charge >= 0.3 is 14.1 Å². The molecule has 0 aliphatic heterocycles. The van der Waals surface area contributed by atoms with Crippen LogP contribution in [0, 0.1) is 0 Å². The van der Waals surface area contributed by atoms with Gasteiger partial charge in [0, 0.05) is 0 Å². The van der Waals surface area contributed by atoms with E-state index in [0.29, 0.717) is 0 Å². The number of hydrogen-bond acceptors (Lipinski definition) is 2. The molecule has 0 fully saturated rings. The lowest BCUT2D eigenvalue weighted by Crippen LogP contribution is -2.15. The van der Waals surface area contributed by atoms with Gasteiger partial charge in [0.15, 0.2) is 0 Å². The molecule has 0 unspecified atom stereocenters. The normalized spacial score (nSPS) is 8.12. The van der Waals surface area contributed by atoms with Gasteiger partial charge in [-0.15, -0.1) is 0 Å². The molecule has 3 heteroatoms. The third-order valence-electron chi connectivity index (χ3n) is 0.972. The van der Waals surface area contributed by atoms with Gasteiger partial charge in [0.1, 0.15) is 0 Å². The number of carbonyl (C=O) groups is 2. The highest BCUT2D eigenvalue weighted by Gasteiger charge is 2.13. The summed E-state index contributed by atoms with van der Waals surface area (Å²) in [6.45, 7) is 1.98. The quantitative estimate of drug-likeness (QED) is 0.406. The summed E-state index contributed by atoms with van der Waals surface area (Å²) < 4.78 is 0. The lowest BCUT2D eigenvalue weighted by atomic mass is 10.6. The van der Waals surface area contributed by atoms with Gasteiger partial charge in [-0.1, -0.05) is 18.6 Å². The molecule has 8 heavy (non-hydrogen) atoms. The molecule has 0 saturated carbocycles. The molecule has 0 rings (SSSR count). The molecule has 0 aromatic rings. The molecule has 2 nitrogen and oxygen atoms in total. The summed E-state index contributed by atoms with van der Waals surface area (Å²) in [5.74, 6) is 0. The molecular weight excluding hydrogens is 119 g/mol. The third-order valence-corrected chi connectivity index (χ3v) is 2.91. The lowest BCUT2D eigenvalue weighted by Gasteiger charge is -1.85. The fourth-order valence-corrected chi connectivity index (χ4v) is 1.50. The Balaban J connectivity index is 3.35. The van der Waals surface area contributed by atoms with E-state index in [9.17, 15) is 9.59 Å². The number of hydrogen-bond donors (Lipinski definition) is 0. The first-order valence-electron chi connectivity index (χ1n) is 2.75. The Morgan fingerprint density at radius 1 is 1.38 bits per heavy atom. The van der Waals surface area contributed by atoms with Crippen LogP contribution in [0.1, 0.15) is 13.3 Å². The van der Waals surface area contributed by atoms with Gasteiger partial charge in [0.25, 0.3) is 0 Å². The van der Waals surface area contributed by atoms with Crippen LogP contribution < -0.4 is 0 Å². The van der Waals surface area contributed by atoms with Gasteiger partial charge in [-0.2, -0.15) is 0 Å². The monoisotopic (exact) mass is 128 g/mol. The highest BCUT2D eigenvalue weighted by atomic mass is 27.2. The lowest BCUT2D eigenvalue weighted by molar-refractivity contribution is 0.562. The fourth-order valence-electron chi connectivity index (χ4n) is 0.501. The van der Waals surface area contributed by atoms with Crippen molar-refractivity contribution in [3.05, 3.63) is 0 Å². The Morgan fingerprint density at radius 3 is 2.00 bits per heavy atom. The van der Waals surface area contributed by atoms with Crippen LogP contribution in [0.4, 0.5) is 0 Å². The molecule has 0 aromatic carbocycles. The second-order valence-electron chi connectivity index (χ2n) is 1.72. The first-order chi connectivity index (χ1) is 3.85. The van der Waals surface area contributed by atoms with Gasteiger partial charge < -0.3 is 9.59 Å². The average Bonchev–Trinajstić information content (AvgIpc) is 1.83. The largest absolute Gasteiger partial charge is 0.450 e. The number of rotatable bonds is 4. The minimum atomic E-state index is -1.55. The molecule has 0 N–H and O–H groups in total. The zero-order valence-corrected chi connectivity index (χ0v) is 6.12. The Hall–Kier alpha value is -0.128. The molecule has 0 heterocycles. The van der Waals surface area contributed by atoms with Crippen molar-refractivity contribution in [3.8, 4) is 0 Å². The van der Waals surface area contributed by atoms with E-state index < -0.39 is 14.1 Å². The SMILES string of the molecule is CC[CH2][Al]([CH]=O)[CH]=O. The van der Waals surface area contributed by atoms with Crippen molar-refractivity contribution in [3.63, 3.8) is 0 Å². The topological polar surface area (TPSA) is 34.1 Å². The van der Waals surface area contributed by atoms with Crippen molar-refractivity contribution in [2.75, 3.05) is 0 Å². The highest BCUT2D eigenvalue weighted by molar-refractivity contribution is 7.03. The zero-order chi connectivity index (χ0) is 6.41. The van der Waals surface area contributed by atoms with Crippen molar-refractivity contribution < 1.29 is 9.59 Å². The number of carbonyl (C=O) groups excluding carboxylic acids is 2. The molecule has 0 atom stereocenters. The smallest absolute Gasteiger partial charge is 0.324 e. The van der Waals surface area contributed by atoms with Crippen LogP contribution in [0.25, 0.3) is 0 Å². The maximum atomic E-state index is 9.96. The maximum Gasteiger partial charge on any atom is 0.450 e. The van der Waals surface area contributed by atoms with Crippen LogP contribution >= 0.6 is 0 Å². The van der Waals surface area contributed by atoms with E-state index in [1.165, 1.54) is 0 Å². The summed E-state index contributed by atoms with van der Waals surface area (Å²) in [6, 6.07) is 0. The molecule has 0 saturated heterocycles. The van der Waals surface area contributed by atoms with Crippen LogP contribution in [0.5, 0.6) is 0 Å². The van der Waals surface area contributed by atoms with E-state index in [1.54, 1.807) is 0 Å². The molecule has 44 valence electrons. The molecule has 0 radical (unpaired) electrons. The molecule has 0 aliphatic carbocycles. The van der Waals surface area contributed by atoms with E-state index in [-0.39, 0.29) is 0 Å². The predicted octanol–water partition coefficient (Wildman–Crippen LogP) is 0.435. The molecule has 0 aliphatic rings. The Bertz CT molecular complexity index is 74.5. The second kappa shape index (κ2) is 5.02. The van der Waals surface area contributed by atoms with Crippen molar-refractivity contribution in [1.29, 1.82) is 0 Å². The van der Waals surface area contributed by atoms with Gasteiger partial charge in [-0.25, -0.2) is 0 Å². The van der Waals surface area contributed by atoms with E-state index >= 15 is 0 Å². The second-order valence-corrected chi connectivity index (χ2v) is 4.17. The minimum absolute atomic E-state index is 0.826. The minimum Gasteiger partial charge on any atom is -0.324 e. The van der Waals surface area contributed by atoms with Crippen LogP contribution in [-0.4, -0.2) is 24.4 Å². The van der Waals surface area contributed by atoms with E-state index in [4.69, 9.17) is 0 Å². The molecule has 0 amide bonds. The summed E-state index contributed by atoms with van der Waals surface area (Å²) in [4.78, 5) is 19.9. The van der Waals surface area contributed by atoms with Crippen molar-refractivity contribution in [2.45, 2.75) is 18.6 Å². The van der Waals surface area contributed by atoms with Gasteiger partial charge in [0.05, 0.1) is 10.3 Å². The van der Waals surface area contributed by atoms with Crippen molar-refractivity contribution in [1.82, 2.24) is 0 Å². The first-order valence-corrected chi connectivity index (χ1v) is 4.90. The van der Waals surface area contributed by atoms with Crippen LogP contribution in [0.15, 0.2) is 0 Å².